The van der Waals surface area contributed by atoms with Crippen molar-refractivity contribution in [3.05, 3.63) is 46.4 Å². The molecule has 1 aliphatic rings. The van der Waals surface area contributed by atoms with Gasteiger partial charge in [0.2, 0.25) is 15.9 Å². The molecule has 1 atom stereocenters. The van der Waals surface area contributed by atoms with Crippen molar-refractivity contribution in [1.82, 2.24) is 19.5 Å². The number of sulfonamides is 1. The maximum absolute atomic E-state index is 13.2. The van der Waals surface area contributed by atoms with Crippen molar-refractivity contribution in [3.63, 3.8) is 0 Å². The second-order valence-electron chi connectivity index (χ2n) is 6.30. The van der Waals surface area contributed by atoms with Crippen molar-refractivity contribution >= 4 is 33.0 Å². The second kappa shape index (κ2) is 7.31. The van der Waals surface area contributed by atoms with Gasteiger partial charge in [-0.3, -0.25) is 0 Å². The van der Waals surface area contributed by atoms with Crippen molar-refractivity contribution in [3.8, 4) is 10.8 Å². The quantitative estimate of drug-likeness (QED) is 0.627. The van der Waals surface area contributed by atoms with E-state index in [2.05, 4.69) is 15.2 Å². The molecule has 4 rings (SSSR count). The van der Waals surface area contributed by atoms with Gasteiger partial charge in [0.15, 0.2) is 0 Å². The highest BCUT2D eigenvalue weighted by molar-refractivity contribution is 7.89. The molecule has 0 saturated carbocycles. The lowest BCUT2D eigenvalue weighted by Crippen LogP contribution is -2.38. The summed E-state index contributed by atoms with van der Waals surface area (Å²) in [5, 5.41) is 8.63. The minimum absolute atomic E-state index is 0.167. The first-order valence-corrected chi connectivity index (χ1v) is 11.2. The summed E-state index contributed by atoms with van der Waals surface area (Å²) in [5.41, 5.74) is 2.52. The molecule has 1 fully saturated rings. The van der Waals surface area contributed by atoms with Crippen molar-refractivity contribution in [2.45, 2.75) is 37.1 Å². The van der Waals surface area contributed by atoms with Crippen LogP contribution in [0.3, 0.4) is 0 Å². The van der Waals surface area contributed by atoms with Crippen LogP contribution in [0.15, 0.2) is 39.1 Å². The smallest absolute Gasteiger partial charge is 0.259 e. The molecule has 1 aliphatic heterocycles. The number of benzene rings is 1. The highest BCUT2D eigenvalue weighted by Crippen LogP contribution is 2.37. The topological polar surface area (TPSA) is 89.2 Å². The average molecular weight is 425 g/mol. The predicted molar refractivity (Wildman–Crippen MR) is 102 cm³/mol. The Morgan fingerprint density at radius 2 is 2.15 bits per heavy atom. The molecule has 0 unspecified atom stereocenters. The number of halogens is 1. The number of hydrogen-bond donors (Lipinski definition) is 0. The van der Waals surface area contributed by atoms with Gasteiger partial charge in [-0.2, -0.15) is 4.31 Å². The molecule has 3 aromatic rings. The molecule has 3 heterocycles. The van der Waals surface area contributed by atoms with Crippen LogP contribution in [0.5, 0.6) is 0 Å². The van der Waals surface area contributed by atoms with Crippen LogP contribution < -0.4 is 0 Å². The number of aryl methyl sites for hydroxylation is 1. The van der Waals surface area contributed by atoms with Crippen LogP contribution in [0.4, 0.5) is 0 Å². The van der Waals surface area contributed by atoms with Crippen molar-refractivity contribution in [1.29, 1.82) is 0 Å². The van der Waals surface area contributed by atoms with Gasteiger partial charge in [0.25, 0.3) is 5.89 Å². The van der Waals surface area contributed by atoms with Gasteiger partial charge in [0.1, 0.15) is 10.9 Å². The van der Waals surface area contributed by atoms with E-state index < -0.39 is 16.1 Å². The minimum atomic E-state index is -3.72. The standard InChI is InChI=1S/C17H17ClN4O3S2/c1-11-15(26-10-19-11)17-21-20-16(25-17)14-7-2-3-8-22(14)27(23,24)13-6-4-5-12(18)9-13/h4-6,9-10,14H,2-3,7-8H2,1H3/t14-/m0/s1. The van der Waals surface area contributed by atoms with Gasteiger partial charge in [-0.15, -0.1) is 21.5 Å². The van der Waals surface area contributed by atoms with Gasteiger partial charge < -0.3 is 4.42 Å². The largest absolute Gasteiger partial charge is 0.418 e. The zero-order valence-electron chi connectivity index (χ0n) is 14.5. The molecule has 2 aromatic heterocycles. The van der Waals surface area contributed by atoms with Crippen LogP contribution in [-0.2, 0) is 10.0 Å². The van der Waals surface area contributed by atoms with E-state index in [-0.39, 0.29) is 4.90 Å². The Hall–Kier alpha value is -1.81. The van der Waals surface area contributed by atoms with Crippen LogP contribution in [0.25, 0.3) is 10.8 Å². The van der Waals surface area contributed by atoms with E-state index in [4.69, 9.17) is 16.0 Å². The Labute approximate surface area is 166 Å². The SMILES string of the molecule is Cc1ncsc1-c1nnc([C@@H]2CCCCN2S(=O)(=O)c2cccc(Cl)c2)o1. The third-order valence-corrected chi connectivity index (χ3v) is 7.58. The summed E-state index contributed by atoms with van der Waals surface area (Å²) in [5.74, 6) is 0.679. The van der Waals surface area contributed by atoms with Gasteiger partial charge in [0, 0.05) is 11.6 Å². The van der Waals surface area contributed by atoms with Gasteiger partial charge in [-0.25, -0.2) is 13.4 Å². The van der Waals surface area contributed by atoms with Gasteiger partial charge in [-0.1, -0.05) is 24.1 Å². The normalized spacial score (nSPS) is 18.7. The summed E-state index contributed by atoms with van der Waals surface area (Å²) in [6.45, 7) is 2.27. The maximum atomic E-state index is 13.2. The fourth-order valence-corrected chi connectivity index (χ4v) is 5.85. The fourth-order valence-electron chi connectivity index (χ4n) is 3.17. The van der Waals surface area contributed by atoms with Crippen LogP contribution in [0, 0.1) is 6.92 Å². The van der Waals surface area contributed by atoms with Crippen LogP contribution in [-0.4, -0.2) is 34.4 Å². The molecule has 1 saturated heterocycles. The minimum Gasteiger partial charge on any atom is -0.418 e. The third-order valence-electron chi connectivity index (χ3n) is 4.52. The summed E-state index contributed by atoms with van der Waals surface area (Å²) >= 11 is 7.40. The third kappa shape index (κ3) is 3.52. The zero-order valence-corrected chi connectivity index (χ0v) is 16.9. The Balaban J connectivity index is 1.69. The molecule has 1 aromatic carbocycles. The molecule has 0 bridgehead atoms. The van der Waals surface area contributed by atoms with Crippen LogP contribution >= 0.6 is 22.9 Å². The van der Waals surface area contributed by atoms with Crippen molar-refractivity contribution in [2.24, 2.45) is 0 Å². The molecule has 10 heteroatoms. The summed E-state index contributed by atoms with van der Waals surface area (Å²) in [4.78, 5) is 5.16. The van der Waals surface area contributed by atoms with Gasteiger partial charge >= 0.3 is 0 Å². The number of rotatable bonds is 4. The van der Waals surface area contributed by atoms with E-state index in [9.17, 15) is 8.42 Å². The Kier molecular flexibility index (Phi) is 5.02. The van der Waals surface area contributed by atoms with E-state index in [1.807, 2.05) is 6.92 Å². The molecule has 0 aliphatic carbocycles. The van der Waals surface area contributed by atoms with E-state index in [1.165, 1.54) is 21.7 Å². The van der Waals surface area contributed by atoms with Gasteiger partial charge in [0.05, 0.1) is 16.1 Å². The number of nitrogens with zero attached hydrogens (tertiary/aromatic N) is 4. The molecular formula is C17H17ClN4O3S2. The summed E-state index contributed by atoms with van der Waals surface area (Å²) in [6, 6.07) is 5.80. The van der Waals surface area contributed by atoms with E-state index in [0.29, 0.717) is 29.8 Å². The number of piperidine rings is 1. The molecule has 7 nitrogen and oxygen atoms in total. The van der Waals surface area contributed by atoms with Crippen molar-refractivity contribution in [2.75, 3.05) is 6.54 Å². The lowest BCUT2D eigenvalue weighted by Gasteiger charge is -2.32. The first-order valence-electron chi connectivity index (χ1n) is 8.48. The molecule has 142 valence electrons. The van der Waals surface area contributed by atoms with Crippen LogP contribution in [0.2, 0.25) is 5.02 Å². The van der Waals surface area contributed by atoms with E-state index >= 15 is 0 Å². The number of thiazole rings is 1. The Morgan fingerprint density at radius 1 is 1.30 bits per heavy atom. The molecule has 0 spiro atoms. The summed E-state index contributed by atoms with van der Waals surface area (Å²) in [6.07, 6.45) is 2.30. The highest BCUT2D eigenvalue weighted by Gasteiger charge is 2.37. The maximum Gasteiger partial charge on any atom is 0.259 e. The van der Waals surface area contributed by atoms with E-state index in [0.717, 1.165) is 23.4 Å². The lowest BCUT2D eigenvalue weighted by molar-refractivity contribution is 0.220. The Bertz CT molecular complexity index is 1060. The molecule has 0 N–H and O–H groups in total. The molecule has 0 radical (unpaired) electrons. The monoisotopic (exact) mass is 424 g/mol. The molecular weight excluding hydrogens is 408 g/mol. The lowest BCUT2D eigenvalue weighted by atomic mass is 10.1. The van der Waals surface area contributed by atoms with Crippen molar-refractivity contribution < 1.29 is 12.8 Å². The summed E-state index contributed by atoms with van der Waals surface area (Å²) < 4.78 is 33.7. The highest BCUT2D eigenvalue weighted by atomic mass is 35.5. The zero-order chi connectivity index (χ0) is 19.0. The number of aromatic nitrogens is 3. The Morgan fingerprint density at radius 3 is 2.89 bits per heavy atom. The average Bonchev–Trinajstić information content (AvgIpc) is 3.30. The number of hydrogen-bond acceptors (Lipinski definition) is 7. The van der Waals surface area contributed by atoms with Gasteiger partial charge in [-0.05, 0) is 38.0 Å². The van der Waals surface area contributed by atoms with Crippen LogP contribution in [0.1, 0.15) is 36.9 Å². The molecule has 0 amide bonds. The first kappa shape index (κ1) is 18.5. The fraction of sp³-hybridized carbons (Fsp3) is 0.353. The molecule has 27 heavy (non-hydrogen) atoms. The van der Waals surface area contributed by atoms with E-state index in [1.54, 1.807) is 23.7 Å². The first-order chi connectivity index (χ1) is 13.0. The predicted octanol–water partition coefficient (Wildman–Crippen LogP) is 4.07. The second-order valence-corrected chi connectivity index (χ2v) is 9.48. The summed E-state index contributed by atoms with van der Waals surface area (Å²) in [7, 11) is -3.72.